The summed E-state index contributed by atoms with van der Waals surface area (Å²) in [7, 11) is 2.00. The number of aromatic nitrogens is 2. The van der Waals surface area contributed by atoms with Gasteiger partial charge in [-0.25, -0.2) is 0 Å². The maximum Gasteiger partial charge on any atom is 0.0851 e. The highest BCUT2D eigenvalue weighted by Crippen LogP contribution is 2.38. The van der Waals surface area contributed by atoms with Gasteiger partial charge in [0.1, 0.15) is 0 Å². The second-order valence-corrected chi connectivity index (χ2v) is 7.85. The van der Waals surface area contributed by atoms with Crippen LogP contribution < -0.4 is 5.32 Å². The third-order valence-electron chi connectivity index (χ3n) is 3.28. The van der Waals surface area contributed by atoms with Crippen molar-refractivity contribution < 1.29 is 0 Å². The molecule has 0 aliphatic rings. The van der Waals surface area contributed by atoms with Crippen molar-refractivity contribution in [2.45, 2.75) is 25.9 Å². The van der Waals surface area contributed by atoms with Crippen molar-refractivity contribution in [2.24, 2.45) is 0 Å². The zero-order valence-electron chi connectivity index (χ0n) is 11.6. The van der Waals surface area contributed by atoms with Crippen LogP contribution in [-0.2, 0) is 0 Å². The number of halogens is 1. The number of rotatable bonds is 4. The number of fused-ring (bicyclic) bond motifs is 1. The average molecular weight is 370 g/mol. The first-order valence-corrected chi connectivity index (χ1v) is 8.97. The monoisotopic (exact) mass is 369 g/mol. The van der Waals surface area contributed by atoms with E-state index in [1.54, 1.807) is 11.3 Å². The summed E-state index contributed by atoms with van der Waals surface area (Å²) in [6.45, 7) is 4.31. The molecule has 3 aromatic rings. The van der Waals surface area contributed by atoms with Crippen LogP contribution >= 0.6 is 38.6 Å². The van der Waals surface area contributed by atoms with Gasteiger partial charge in [-0.2, -0.15) is 5.10 Å². The number of thiophene rings is 2. The summed E-state index contributed by atoms with van der Waals surface area (Å²) in [5.74, 6) is 0. The molecule has 3 aromatic heterocycles. The van der Waals surface area contributed by atoms with Crippen molar-refractivity contribution in [1.82, 2.24) is 15.1 Å². The average Bonchev–Trinajstić information content (AvgIpc) is 3.05. The van der Waals surface area contributed by atoms with E-state index < -0.39 is 0 Å². The van der Waals surface area contributed by atoms with Crippen molar-refractivity contribution in [1.29, 1.82) is 0 Å². The number of hydrogen-bond acceptors (Lipinski definition) is 4. The fourth-order valence-corrected chi connectivity index (χ4v) is 5.11. The maximum atomic E-state index is 4.49. The Labute approximate surface area is 134 Å². The van der Waals surface area contributed by atoms with Gasteiger partial charge < -0.3 is 5.32 Å². The molecule has 0 saturated heterocycles. The minimum atomic E-state index is 0.166. The molecule has 0 radical (unpaired) electrons. The lowest BCUT2D eigenvalue weighted by Gasteiger charge is -2.19. The molecule has 3 nitrogen and oxygen atoms in total. The number of hydrogen-bond donors (Lipinski definition) is 1. The standard InChI is InChI=1S/C14H16BrN3S2/c1-8(2)18-14(9(15)7-17-18)13(16-3)12-6-11-10(20-12)4-5-19-11/h4-8,13,16H,1-3H3. The van der Waals surface area contributed by atoms with Crippen molar-refractivity contribution in [3.63, 3.8) is 0 Å². The van der Waals surface area contributed by atoms with Gasteiger partial charge in [0.15, 0.2) is 0 Å². The molecule has 0 saturated carbocycles. The largest absolute Gasteiger partial charge is 0.307 e. The van der Waals surface area contributed by atoms with Crippen LogP contribution in [0.3, 0.4) is 0 Å². The summed E-state index contributed by atoms with van der Waals surface area (Å²) < 4.78 is 5.86. The summed E-state index contributed by atoms with van der Waals surface area (Å²) in [5, 5.41) is 10.1. The van der Waals surface area contributed by atoms with Crippen LogP contribution in [-0.4, -0.2) is 16.8 Å². The Balaban J connectivity index is 2.10. The fraction of sp³-hybridized carbons (Fsp3) is 0.357. The van der Waals surface area contributed by atoms with Crippen molar-refractivity contribution >= 4 is 48.0 Å². The van der Waals surface area contributed by atoms with Gasteiger partial charge >= 0.3 is 0 Å². The first-order chi connectivity index (χ1) is 9.61. The molecule has 0 spiro atoms. The van der Waals surface area contributed by atoms with Crippen LogP contribution in [0, 0.1) is 0 Å². The van der Waals surface area contributed by atoms with E-state index in [-0.39, 0.29) is 6.04 Å². The van der Waals surface area contributed by atoms with Gasteiger partial charge in [0, 0.05) is 20.3 Å². The molecule has 20 heavy (non-hydrogen) atoms. The van der Waals surface area contributed by atoms with E-state index >= 15 is 0 Å². The molecule has 3 heterocycles. The van der Waals surface area contributed by atoms with E-state index in [0.29, 0.717) is 6.04 Å². The van der Waals surface area contributed by atoms with E-state index in [1.165, 1.54) is 20.0 Å². The smallest absolute Gasteiger partial charge is 0.0851 e. The Kier molecular flexibility index (Phi) is 3.99. The van der Waals surface area contributed by atoms with Crippen LogP contribution in [0.25, 0.3) is 9.40 Å². The number of nitrogens with zero attached hydrogens (tertiary/aromatic N) is 2. The molecule has 0 aliphatic carbocycles. The van der Waals surface area contributed by atoms with Gasteiger partial charge in [0.25, 0.3) is 0 Å². The molecular weight excluding hydrogens is 354 g/mol. The summed E-state index contributed by atoms with van der Waals surface area (Å²) in [6, 6.07) is 4.98. The quantitative estimate of drug-likeness (QED) is 0.714. The van der Waals surface area contributed by atoms with E-state index in [2.05, 4.69) is 62.4 Å². The summed E-state index contributed by atoms with van der Waals surface area (Å²) in [6.07, 6.45) is 1.88. The van der Waals surface area contributed by atoms with E-state index in [0.717, 1.165) is 4.47 Å². The van der Waals surface area contributed by atoms with Crippen LogP contribution in [0.4, 0.5) is 0 Å². The molecule has 1 N–H and O–H groups in total. The first kappa shape index (κ1) is 14.3. The highest BCUT2D eigenvalue weighted by atomic mass is 79.9. The third-order valence-corrected chi connectivity index (χ3v) is 6.05. The van der Waals surface area contributed by atoms with Crippen LogP contribution in [0.2, 0.25) is 0 Å². The number of nitrogens with one attached hydrogen (secondary N) is 1. The predicted octanol–water partition coefficient (Wildman–Crippen LogP) is 4.81. The first-order valence-electron chi connectivity index (χ1n) is 6.49. The molecule has 0 fully saturated rings. The maximum absolute atomic E-state index is 4.49. The van der Waals surface area contributed by atoms with Crippen LogP contribution in [0.1, 0.15) is 36.5 Å². The lowest BCUT2D eigenvalue weighted by atomic mass is 10.1. The molecule has 0 bridgehead atoms. The van der Waals surface area contributed by atoms with Gasteiger partial charge in [-0.3, -0.25) is 4.68 Å². The van der Waals surface area contributed by atoms with Gasteiger partial charge in [-0.15, -0.1) is 22.7 Å². The minimum Gasteiger partial charge on any atom is -0.307 e. The van der Waals surface area contributed by atoms with E-state index in [1.807, 2.05) is 24.6 Å². The van der Waals surface area contributed by atoms with E-state index in [4.69, 9.17) is 0 Å². The van der Waals surface area contributed by atoms with Crippen LogP contribution in [0.15, 0.2) is 28.2 Å². The second-order valence-electron chi connectivity index (χ2n) is 4.94. The Hall–Kier alpha value is -0.690. The van der Waals surface area contributed by atoms with Crippen molar-refractivity contribution in [3.05, 3.63) is 38.8 Å². The third kappa shape index (κ3) is 2.35. The van der Waals surface area contributed by atoms with E-state index in [9.17, 15) is 0 Å². The van der Waals surface area contributed by atoms with Gasteiger partial charge in [-0.1, -0.05) is 0 Å². The minimum absolute atomic E-state index is 0.166. The SMILES string of the molecule is CNC(c1cc2sccc2s1)c1c(Br)cnn1C(C)C. The zero-order chi connectivity index (χ0) is 14.3. The molecule has 0 amide bonds. The Morgan fingerprint density at radius 3 is 2.80 bits per heavy atom. The lowest BCUT2D eigenvalue weighted by Crippen LogP contribution is -2.22. The summed E-state index contributed by atoms with van der Waals surface area (Å²) in [5.41, 5.74) is 1.19. The highest BCUT2D eigenvalue weighted by molar-refractivity contribution is 9.10. The predicted molar refractivity (Wildman–Crippen MR) is 90.9 cm³/mol. The van der Waals surface area contributed by atoms with Crippen LogP contribution in [0.5, 0.6) is 0 Å². The van der Waals surface area contributed by atoms with Gasteiger partial charge in [0.05, 0.1) is 22.4 Å². The molecule has 0 aliphatic heterocycles. The summed E-state index contributed by atoms with van der Waals surface area (Å²) in [4.78, 5) is 1.33. The molecular formula is C14H16BrN3S2. The Morgan fingerprint density at radius 2 is 2.15 bits per heavy atom. The molecule has 1 unspecified atom stereocenters. The highest BCUT2D eigenvalue weighted by Gasteiger charge is 2.23. The Morgan fingerprint density at radius 1 is 1.35 bits per heavy atom. The van der Waals surface area contributed by atoms with Gasteiger partial charge in [-0.05, 0) is 54.3 Å². The molecule has 6 heteroatoms. The van der Waals surface area contributed by atoms with Gasteiger partial charge in [0.2, 0.25) is 0 Å². The molecule has 3 rings (SSSR count). The Bertz CT molecular complexity index is 697. The second kappa shape index (κ2) is 5.60. The topological polar surface area (TPSA) is 29.9 Å². The molecule has 1 atom stereocenters. The summed E-state index contributed by atoms with van der Waals surface area (Å²) >= 11 is 7.29. The zero-order valence-corrected chi connectivity index (χ0v) is 14.8. The van der Waals surface area contributed by atoms with Crippen molar-refractivity contribution in [3.8, 4) is 0 Å². The lowest BCUT2D eigenvalue weighted by molar-refractivity contribution is 0.485. The fourth-order valence-electron chi connectivity index (χ4n) is 2.37. The molecule has 106 valence electrons. The normalized spacial score (nSPS) is 13.4. The van der Waals surface area contributed by atoms with Crippen molar-refractivity contribution in [2.75, 3.05) is 7.05 Å². The molecule has 0 aromatic carbocycles.